The van der Waals surface area contributed by atoms with Crippen molar-refractivity contribution in [1.29, 1.82) is 5.26 Å². The lowest BCUT2D eigenvalue weighted by molar-refractivity contribution is -0.161. The van der Waals surface area contributed by atoms with E-state index >= 15 is 0 Å². The topological polar surface area (TPSA) is 53.3 Å². The molecule has 0 spiro atoms. The Kier molecular flexibility index (Phi) is 3.63. The van der Waals surface area contributed by atoms with Crippen LogP contribution in [0, 0.1) is 16.7 Å². The molecule has 1 aromatic carbocycles. The van der Waals surface area contributed by atoms with Gasteiger partial charge in [0.15, 0.2) is 5.41 Å². The first-order valence-electron chi connectivity index (χ1n) is 6.04. The first kappa shape index (κ1) is 12.6. The summed E-state index contributed by atoms with van der Waals surface area (Å²) < 4.78 is 5.03. The van der Waals surface area contributed by atoms with Crippen molar-refractivity contribution in [3.63, 3.8) is 0 Å². The summed E-state index contributed by atoms with van der Waals surface area (Å²) in [7, 11) is 0. The van der Waals surface area contributed by atoms with E-state index in [1.54, 1.807) is 4.90 Å². The Bertz CT molecular complexity index is 460. The predicted octanol–water partition coefficient (Wildman–Crippen LogP) is 1.58. The fraction of sp³-hybridized carbons (Fsp3) is 0.429. The third-order valence-electron chi connectivity index (χ3n) is 3.21. The highest BCUT2D eigenvalue weighted by Gasteiger charge is 2.48. The van der Waals surface area contributed by atoms with Gasteiger partial charge in [-0.3, -0.25) is 4.79 Å². The Morgan fingerprint density at radius 2 is 2.11 bits per heavy atom. The van der Waals surface area contributed by atoms with Crippen LogP contribution in [0.1, 0.15) is 12.5 Å². The van der Waals surface area contributed by atoms with Crippen molar-refractivity contribution in [3.8, 4) is 6.07 Å². The third kappa shape index (κ3) is 2.22. The minimum atomic E-state index is -0.954. The Balaban J connectivity index is 2.10. The van der Waals surface area contributed by atoms with Gasteiger partial charge in [0.2, 0.25) is 5.91 Å². The van der Waals surface area contributed by atoms with Gasteiger partial charge in [-0.2, -0.15) is 5.26 Å². The average molecular weight is 244 g/mol. The fourth-order valence-corrected chi connectivity index (χ4v) is 1.98. The summed E-state index contributed by atoms with van der Waals surface area (Å²) in [5.41, 5.74) is 0.117. The molecule has 0 atom stereocenters. The number of amides is 1. The van der Waals surface area contributed by atoms with E-state index in [2.05, 4.69) is 6.07 Å². The molecule has 2 rings (SSSR count). The molecule has 0 saturated carbocycles. The maximum Gasteiger partial charge on any atom is 0.248 e. The number of carbonyl (C=O) groups excluding carboxylic acids is 1. The lowest BCUT2D eigenvalue weighted by atomic mass is 9.86. The molecule has 1 fully saturated rings. The molecular formula is C14H16N2O2. The van der Waals surface area contributed by atoms with E-state index in [0.29, 0.717) is 13.1 Å². The van der Waals surface area contributed by atoms with Crippen LogP contribution in [-0.2, 0) is 16.1 Å². The highest BCUT2D eigenvalue weighted by molar-refractivity contribution is 5.86. The van der Waals surface area contributed by atoms with Crippen LogP contribution in [0.3, 0.4) is 0 Å². The zero-order valence-electron chi connectivity index (χ0n) is 10.4. The van der Waals surface area contributed by atoms with E-state index in [0.717, 1.165) is 5.56 Å². The minimum Gasteiger partial charge on any atom is -0.377 e. The number of ether oxygens (including phenoxy) is 1. The molecule has 0 aliphatic carbocycles. The SMILES string of the molecule is CCN(Cc1ccccc1)C(=O)C1(C#N)COC1. The van der Waals surface area contributed by atoms with Crippen LogP contribution in [-0.4, -0.2) is 30.6 Å². The van der Waals surface area contributed by atoms with Gasteiger partial charge in [0, 0.05) is 13.1 Å². The number of nitrogens with zero attached hydrogens (tertiary/aromatic N) is 2. The van der Waals surface area contributed by atoms with Crippen LogP contribution in [0.25, 0.3) is 0 Å². The van der Waals surface area contributed by atoms with Gasteiger partial charge in [-0.05, 0) is 12.5 Å². The van der Waals surface area contributed by atoms with E-state index in [1.807, 2.05) is 37.3 Å². The summed E-state index contributed by atoms with van der Waals surface area (Å²) >= 11 is 0. The van der Waals surface area contributed by atoms with Gasteiger partial charge in [-0.15, -0.1) is 0 Å². The number of carbonyl (C=O) groups is 1. The van der Waals surface area contributed by atoms with Gasteiger partial charge in [0.05, 0.1) is 19.3 Å². The van der Waals surface area contributed by atoms with Gasteiger partial charge in [0.25, 0.3) is 0 Å². The van der Waals surface area contributed by atoms with Gasteiger partial charge in [-0.25, -0.2) is 0 Å². The molecule has 0 radical (unpaired) electrons. The normalized spacial score (nSPS) is 16.4. The Labute approximate surface area is 107 Å². The van der Waals surface area contributed by atoms with Crippen LogP contribution in [0.15, 0.2) is 30.3 Å². The van der Waals surface area contributed by atoms with Crippen molar-refractivity contribution in [1.82, 2.24) is 4.90 Å². The van der Waals surface area contributed by atoms with Crippen molar-refractivity contribution in [3.05, 3.63) is 35.9 Å². The summed E-state index contributed by atoms with van der Waals surface area (Å²) in [5.74, 6) is -0.123. The molecule has 0 bridgehead atoms. The Morgan fingerprint density at radius 3 is 2.56 bits per heavy atom. The van der Waals surface area contributed by atoms with Crippen LogP contribution < -0.4 is 0 Å². The summed E-state index contributed by atoms with van der Waals surface area (Å²) in [5, 5.41) is 9.14. The van der Waals surface area contributed by atoms with Crippen LogP contribution in [0.5, 0.6) is 0 Å². The molecule has 4 nitrogen and oxygen atoms in total. The number of rotatable bonds is 4. The van der Waals surface area contributed by atoms with E-state index in [1.165, 1.54) is 0 Å². The molecule has 18 heavy (non-hydrogen) atoms. The molecule has 94 valence electrons. The molecule has 0 N–H and O–H groups in total. The fourth-order valence-electron chi connectivity index (χ4n) is 1.98. The third-order valence-corrected chi connectivity index (χ3v) is 3.21. The van der Waals surface area contributed by atoms with Crippen molar-refractivity contribution >= 4 is 5.91 Å². The summed E-state index contributed by atoms with van der Waals surface area (Å²) in [4.78, 5) is 14.0. The van der Waals surface area contributed by atoms with E-state index in [-0.39, 0.29) is 19.1 Å². The van der Waals surface area contributed by atoms with E-state index in [4.69, 9.17) is 10.00 Å². The second-order valence-corrected chi connectivity index (χ2v) is 4.49. The Morgan fingerprint density at radius 1 is 1.44 bits per heavy atom. The number of hydrogen-bond acceptors (Lipinski definition) is 3. The second-order valence-electron chi connectivity index (χ2n) is 4.49. The summed E-state index contributed by atoms with van der Waals surface area (Å²) in [6.07, 6.45) is 0. The molecule has 1 heterocycles. The molecule has 1 aliphatic rings. The number of benzene rings is 1. The zero-order valence-corrected chi connectivity index (χ0v) is 10.4. The predicted molar refractivity (Wildman–Crippen MR) is 66.4 cm³/mol. The van der Waals surface area contributed by atoms with Gasteiger partial charge < -0.3 is 9.64 Å². The second kappa shape index (κ2) is 5.19. The lowest BCUT2D eigenvalue weighted by Crippen LogP contribution is -2.54. The molecule has 1 amide bonds. The standard InChI is InChI=1S/C14H16N2O2/c1-2-16(8-12-6-4-3-5-7-12)13(17)14(9-15)10-18-11-14/h3-7H,2,8,10-11H2,1H3. The zero-order chi connectivity index (χ0) is 13.0. The quantitative estimate of drug-likeness (QED) is 0.808. The van der Waals surface area contributed by atoms with Crippen LogP contribution >= 0.6 is 0 Å². The van der Waals surface area contributed by atoms with Crippen LogP contribution in [0.2, 0.25) is 0 Å². The summed E-state index contributed by atoms with van der Waals surface area (Å²) in [6.45, 7) is 3.49. The highest BCUT2D eigenvalue weighted by atomic mass is 16.5. The van der Waals surface area contributed by atoms with Gasteiger partial charge >= 0.3 is 0 Å². The van der Waals surface area contributed by atoms with E-state index < -0.39 is 5.41 Å². The van der Waals surface area contributed by atoms with Gasteiger partial charge in [0.1, 0.15) is 0 Å². The minimum absolute atomic E-state index is 0.123. The van der Waals surface area contributed by atoms with E-state index in [9.17, 15) is 4.79 Å². The Hall–Kier alpha value is -1.86. The van der Waals surface area contributed by atoms with Gasteiger partial charge in [-0.1, -0.05) is 30.3 Å². The molecular weight excluding hydrogens is 228 g/mol. The number of nitriles is 1. The first-order chi connectivity index (χ1) is 8.72. The summed E-state index contributed by atoms with van der Waals surface area (Å²) in [6, 6.07) is 11.9. The van der Waals surface area contributed by atoms with Crippen molar-refractivity contribution in [2.75, 3.05) is 19.8 Å². The number of hydrogen-bond donors (Lipinski definition) is 0. The maximum atomic E-state index is 12.3. The molecule has 1 aromatic rings. The molecule has 1 aliphatic heterocycles. The van der Waals surface area contributed by atoms with Crippen molar-refractivity contribution < 1.29 is 9.53 Å². The highest BCUT2D eigenvalue weighted by Crippen LogP contribution is 2.29. The monoisotopic (exact) mass is 244 g/mol. The largest absolute Gasteiger partial charge is 0.377 e. The average Bonchev–Trinajstić information content (AvgIpc) is 2.36. The smallest absolute Gasteiger partial charge is 0.248 e. The molecule has 1 saturated heterocycles. The first-order valence-corrected chi connectivity index (χ1v) is 6.04. The van der Waals surface area contributed by atoms with Crippen molar-refractivity contribution in [2.45, 2.75) is 13.5 Å². The lowest BCUT2D eigenvalue weighted by Gasteiger charge is -2.37. The molecule has 0 aromatic heterocycles. The molecule has 4 heteroatoms. The van der Waals surface area contributed by atoms with Crippen LogP contribution in [0.4, 0.5) is 0 Å². The van der Waals surface area contributed by atoms with Crippen molar-refractivity contribution in [2.24, 2.45) is 5.41 Å². The maximum absolute atomic E-state index is 12.3. The molecule has 0 unspecified atom stereocenters.